The average molecular weight is 321 g/mol. The van der Waals surface area contributed by atoms with Crippen LogP contribution in [0.2, 0.25) is 0 Å². The Morgan fingerprint density at radius 2 is 2.29 bits per heavy atom. The summed E-state index contributed by atoms with van der Waals surface area (Å²) in [6, 6.07) is 0. The molecule has 110 valence electrons. The van der Waals surface area contributed by atoms with Gasteiger partial charge in [-0.25, -0.2) is 9.97 Å². The van der Waals surface area contributed by atoms with Crippen LogP contribution in [0.5, 0.6) is 0 Å². The van der Waals surface area contributed by atoms with Crippen LogP contribution in [0.25, 0.3) is 10.6 Å². The topological polar surface area (TPSA) is 94.5 Å². The van der Waals surface area contributed by atoms with Gasteiger partial charge in [-0.2, -0.15) is 9.47 Å². The lowest BCUT2D eigenvalue weighted by Crippen LogP contribution is -2.06. The molecule has 3 rings (SSSR count). The van der Waals surface area contributed by atoms with Gasteiger partial charge < -0.3 is 11.1 Å². The van der Waals surface area contributed by atoms with Crippen molar-refractivity contribution in [3.63, 3.8) is 0 Å². The van der Waals surface area contributed by atoms with E-state index in [0.29, 0.717) is 5.82 Å². The van der Waals surface area contributed by atoms with E-state index in [2.05, 4.69) is 24.8 Å². The zero-order chi connectivity index (χ0) is 14.8. The Hall–Kier alpha value is -2.00. The number of thiazole rings is 1. The molecule has 7 nitrogen and oxygen atoms in total. The second-order valence-electron chi connectivity index (χ2n) is 4.58. The Labute approximate surface area is 130 Å². The lowest BCUT2D eigenvalue weighted by molar-refractivity contribution is 0.742. The molecule has 0 aromatic carbocycles. The summed E-state index contributed by atoms with van der Waals surface area (Å²) in [5, 5.41) is 11.5. The highest BCUT2D eigenvalue weighted by Crippen LogP contribution is 2.38. The first kappa shape index (κ1) is 14.0. The molecule has 0 saturated carbocycles. The van der Waals surface area contributed by atoms with E-state index in [9.17, 15) is 0 Å². The first-order valence-corrected chi connectivity index (χ1v) is 8.05. The number of nitrogen functional groups attached to an aromatic ring is 1. The molecule has 0 radical (unpaired) electrons. The zero-order valence-corrected chi connectivity index (χ0v) is 13.3. The highest BCUT2D eigenvalue weighted by molar-refractivity contribution is 7.15. The number of nitrogens with zero attached hydrogens (tertiary/aromatic N) is 5. The molecule has 3 aromatic heterocycles. The van der Waals surface area contributed by atoms with Gasteiger partial charge in [0.25, 0.3) is 0 Å². The minimum atomic E-state index is 0.521. The molecule has 9 heteroatoms. The van der Waals surface area contributed by atoms with Crippen LogP contribution in [-0.4, -0.2) is 30.7 Å². The molecule has 0 spiro atoms. The minimum absolute atomic E-state index is 0.521. The second kappa shape index (κ2) is 5.78. The predicted octanol–water partition coefficient (Wildman–Crippen LogP) is 1.94. The normalized spacial score (nSPS) is 11.0. The molecule has 0 amide bonds. The number of rotatable bonds is 5. The summed E-state index contributed by atoms with van der Waals surface area (Å²) in [6.45, 7) is 2.69. The standard InChI is InChI=1S/C12H15N7S2/c1-7-5-20-12(16-7)9-10(13)18-21-11(9)14-4-3-8-15-6-19(2)17-8/h5-6,14H,3-4H2,1-2H3,(H2,13,18). The van der Waals surface area contributed by atoms with Crippen molar-refractivity contribution in [1.82, 2.24) is 24.1 Å². The van der Waals surface area contributed by atoms with Gasteiger partial charge in [-0.1, -0.05) is 0 Å². The van der Waals surface area contributed by atoms with E-state index in [0.717, 1.165) is 40.1 Å². The average Bonchev–Trinajstić information content (AvgIpc) is 3.12. The third kappa shape index (κ3) is 3.03. The van der Waals surface area contributed by atoms with Gasteiger partial charge in [-0.15, -0.1) is 11.3 Å². The number of nitrogens with two attached hydrogens (primary N) is 1. The molecule has 0 aliphatic heterocycles. The van der Waals surface area contributed by atoms with Crippen LogP contribution in [-0.2, 0) is 13.5 Å². The fourth-order valence-electron chi connectivity index (χ4n) is 1.88. The van der Waals surface area contributed by atoms with E-state index in [4.69, 9.17) is 5.73 Å². The summed E-state index contributed by atoms with van der Waals surface area (Å²) in [4.78, 5) is 8.68. The highest BCUT2D eigenvalue weighted by atomic mass is 32.1. The highest BCUT2D eigenvalue weighted by Gasteiger charge is 2.16. The Kier molecular flexibility index (Phi) is 3.84. The van der Waals surface area contributed by atoms with Crippen molar-refractivity contribution in [3.8, 4) is 10.6 Å². The van der Waals surface area contributed by atoms with Gasteiger partial charge in [0.15, 0.2) is 5.82 Å². The van der Waals surface area contributed by atoms with Gasteiger partial charge in [-0.05, 0) is 18.5 Å². The maximum atomic E-state index is 5.97. The quantitative estimate of drug-likeness (QED) is 0.746. The smallest absolute Gasteiger partial charge is 0.152 e. The van der Waals surface area contributed by atoms with E-state index < -0.39 is 0 Å². The number of aromatic nitrogens is 5. The van der Waals surface area contributed by atoms with Gasteiger partial charge in [0.2, 0.25) is 0 Å². The van der Waals surface area contributed by atoms with Crippen molar-refractivity contribution < 1.29 is 0 Å². The molecule has 0 bridgehead atoms. The predicted molar refractivity (Wildman–Crippen MR) is 85.6 cm³/mol. The van der Waals surface area contributed by atoms with Gasteiger partial charge in [0.1, 0.15) is 22.2 Å². The lowest BCUT2D eigenvalue weighted by Gasteiger charge is -2.03. The molecule has 0 saturated heterocycles. The molecule has 0 atom stereocenters. The third-order valence-electron chi connectivity index (χ3n) is 2.83. The van der Waals surface area contributed by atoms with Crippen LogP contribution in [0.1, 0.15) is 11.5 Å². The van der Waals surface area contributed by atoms with E-state index in [1.54, 1.807) is 22.3 Å². The number of anilines is 2. The summed E-state index contributed by atoms with van der Waals surface area (Å²) in [7, 11) is 1.86. The van der Waals surface area contributed by atoms with Crippen LogP contribution < -0.4 is 11.1 Å². The van der Waals surface area contributed by atoms with Crippen molar-refractivity contribution in [2.24, 2.45) is 7.05 Å². The molecule has 0 aliphatic carbocycles. The van der Waals surface area contributed by atoms with Crippen LogP contribution in [0, 0.1) is 6.92 Å². The van der Waals surface area contributed by atoms with Gasteiger partial charge in [0.05, 0.1) is 5.56 Å². The minimum Gasteiger partial charge on any atom is -0.382 e. The van der Waals surface area contributed by atoms with Crippen LogP contribution >= 0.6 is 22.9 Å². The molecule has 0 unspecified atom stereocenters. The molecular weight excluding hydrogens is 306 g/mol. The Balaban J connectivity index is 1.71. The first-order valence-electron chi connectivity index (χ1n) is 6.39. The van der Waals surface area contributed by atoms with Gasteiger partial charge in [0, 0.05) is 31.1 Å². The second-order valence-corrected chi connectivity index (χ2v) is 6.21. The largest absolute Gasteiger partial charge is 0.382 e. The van der Waals surface area contributed by atoms with Crippen molar-refractivity contribution in [2.75, 3.05) is 17.6 Å². The first-order chi connectivity index (χ1) is 10.1. The Morgan fingerprint density at radius 1 is 1.43 bits per heavy atom. The van der Waals surface area contributed by atoms with Crippen LogP contribution in [0.3, 0.4) is 0 Å². The van der Waals surface area contributed by atoms with E-state index >= 15 is 0 Å². The summed E-state index contributed by atoms with van der Waals surface area (Å²) in [5.41, 5.74) is 7.85. The van der Waals surface area contributed by atoms with Crippen molar-refractivity contribution in [1.29, 1.82) is 0 Å². The third-order valence-corrected chi connectivity index (χ3v) is 4.63. The number of nitrogens with one attached hydrogen (secondary N) is 1. The van der Waals surface area contributed by atoms with E-state index in [1.165, 1.54) is 11.5 Å². The molecule has 0 fully saturated rings. The van der Waals surface area contributed by atoms with Crippen molar-refractivity contribution >= 4 is 33.7 Å². The Morgan fingerprint density at radius 3 is 2.95 bits per heavy atom. The number of hydrogen-bond donors (Lipinski definition) is 2. The van der Waals surface area contributed by atoms with Crippen molar-refractivity contribution in [2.45, 2.75) is 13.3 Å². The molecule has 3 N–H and O–H groups in total. The fourth-order valence-corrected chi connectivity index (χ4v) is 3.55. The molecule has 0 aliphatic rings. The maximum Gasteiger partial charge on any atom is 0.152 e. The van der Waals surface area contributed by atoms with Crippen LogP contribution in [0.4, 0.5) is 10.8 Å². The number of hydrogen-bond acceptors (Lipinski definition) is 8. The molecular formula is C12H15N7S2. The summed E-state index contributed by atoms with van der Waals surface area (Å²) in [5.74, 6) is 1.34. The number of aryl methyl sites for hydroxylation is 2. The molecule has 21 heavy (non-hydrogen) atoms. The monoisotopic (exact) mass is 321 g/mol. The van der Waals surface area contributed by atoms with Gasteiger partial charge >= 0.3 is 0 Å². The SMILES string of the molecule is Cc1csc(-c2c(N)nsc2NCCc2ncn(C)n2)n1. The van der Waals surface area contributed by atoms with E-state index in [-0.39, 0.29) is 0 Å². The van der Waals surface area contributed by atoms with E-state index in [1.807, 2.05) is 19.4 Å². The summed E-state index contributed by atoms with van der Waals surface area (Å²) < 4.78 is 5.92. The van der Waals surface area contributed by atoms with Crippen LogP contribution in [0.15, 0.2) is 11.7 Å². The lowest BCUT2D eigenvalue weighted by atomic mass is 10.3. The zero-order valence-electron chi connectivity index (χ0n) is 11.7. The fraction of sp³-hybridized carbons (Fsp3) is 0.333. The van der Waals surface area contributed by atoms with Crippen molar-refractivity contribution in [3.05, 3.63) is 23.2 Å². The van der Waals surface area contributed by atoms with Gasteiger partial charge in [-0.3, -0.25) is 4.68 Å². The summed E-state index contributed by atoms with van der Waals surface area (Å²) >= 11 is 2.93. The summed E-state index contributed by atoms with van der Waals surface area (Å²) in [6.07, 6.45) is 2.44. The maximum absolute atomic E-state index is 5.97. The molecule has 3 aromatic rings. The molecule has 3 heterocycles. The Bertz CT molecular complexity index is 742.